The third-order valence-corrected chi connectivity index (χ3v) is 2.00. The van der Waals surface area contributed by atoms with Crippen LogP contribution < -0.4 is 4.74 Å². The van der Waals surface area contributed by atoms with E-state index in [9.17, 15) is 0 Å². The van der Waals surface area contributed by atoms with Crippen LogP contribution in [0.1, 0.15) is 11.1 Å². The van der Waals surface area contributed by atoms with Crippen molar-refractivity contribution < 1.29 is 4.74 Å². The molecule has 0 unspecified atom stereocenters. The molecule has 0 saturated carbocycles. The summed E-state index contributed by atoms with van der Waals surface area (Å²) in [6.45, 7) is 5.63. The van der Waals surface area contributed by atoms with Gasteiger partial charge in [-0.15, -0.1) is 0 Å². The molecule has 2 heteroatoms. The van der Waals surface area contributed by atoms with Crippen molar-refractivity contribution in [1.82, 2.24) is 0 Å². The molecule has 64 valence electrons. The quantitative estimate of drug-likeness (QED) is 0.683. The third-order valence-electron chi connectivity index (χ3n) is 1.80. The fourth-order valence-electron chi connectivity index (χ4n) is 1.13. The van der Waals surface area contributed by atoms with Gasteiger partial charge in [0.1, 0.15) is 5.75 Å². The average Bonchev–Trinajstić information content (AvgIpc) is 2.04. The smallest absolute Gasteiger partial charge is 0.122 e. The van der Waals surface area contributed by atoms with Crippen LogP contribution in [0.15, 0.2) is 24.8 Å². The van der Waals surface area contributed by atoms with Crippen molar-refractivity contribution in [2.45, 2.75) is 6.92 Å². The highest BCUT2D eigenvalue weighted by Gasteiger charge is 2.04. The fraction of sp³-hybridized carbons (Fsp3) is 0.200. The molecule has 0 aliphatic heterocycles. The SMILES string of the molecule is C=C(Cl)c1cccc(OC)c1C. The number of benzene rings is 1. The normalized spacial score (nSPS) is 9.58. The van der Waals surface area contributed by atoms with Crippen LogP contribution in [0.5, 0.6) is 5.75 Å². The lowest BCUT2D eigenvalue weighted by molar-refractivity contribution is 0.411. The summed E-state index contributed by atoms with van der Waals surface area (Å²) < 4.78 is 5.14. The molecular weight excluding hydrogens is 172 g/mol. The largest absolute Gasteiger partial charge is 0.496 e. The predicted octanol–water partition coefficient (Wildman–Crippen LogP) is 3.21. The highest BCUT2D eigenvalue weighted by atomic mass is 35.5. The summed E-state index contributed by atoms with van der Waals surface area (Å²) in [5.74, 6) is 0.842. The van der Waals surface area contributed by atoms with Gasteiger partial charge in [-0.25, -0.2) is 0 Å². The van der Waals surface area contributed by atoms with Crippen molar-refractivity contribution in [3.8, 4) is 5.75 Å². The van der Waals surface area contributed by atoms with E-state index < -0.39 is 0 Å². The minimum atomic E-state index is 0.548. The van der Waals surface area contributed by atoms with Crippen molar-refractivity contribution in [2.24, 2.45) is 0 Å². The van der Waals surface area contributed by atoms with E-state index in [0.717, 1.165) is 16.9 Å². The fourth-order valence-corrected chi connectivity index (χ4v) is 1.33. The lowest BCUT2D eigenvalue weighted by Gasteiger charge is -2.08. The molecule has 0 radical (unpaired) electrons. The topological polar surface area (TPSA) is 9.23 Å². The molecule has 12 heavy (non-hydrogen) atoms. The van der Waals surface area contributed by atoms with Gasteiger partial charge in [0.15, 0.2) is 0 Å². The Morgan fingerprint density at radius 3 is 2.67 bits per heavy atom. The molecule has 0 fully saturated rings. The van der Waals surface area contributed by atoms with Gasteiger partial charge in [0.05, 0.1) is 7.11 Å². The van der Waals surface area contributed by atoms with Crippen LogP contribution >= 0.6 is 11.6 Å². The second-order valence-corrected chi connectivity index (χ2v) is 2.99. The van der Waals surface area contributed by atoms with E-state index in [2.05, 4.69) is 6.58 Å². The molecule has 0 N–H and O–H groups in total. The van der Waals surface area contributed by atoms with Gasteiger partial charge in [-0.3, -0.25) is 0 Å². The first kappa shape index (κ1) is 9.14. The van der Waals surface area contributed by atoms with Crippen LogP contribution in [0.3, 0.4) is 0 Å². The lowest BCUT2D eigenvalue weighted by Crippen LogP contribution is -1.90. The Kier molecular flexibility index (Phi) is 2.77. The first-order valence-electron chi connectivity index (χ1n) is 3.65. The maximum absolute atomic E-state index is 5.79. The molecule has 0 bridgehead atoms. The highest BCUT2D eigenvalue weighted by Crippen LogP contribution is 2.27. The van der Waals surface area contributed by atoms with Crippen LogP contribution in [0.25, 0.3) is 5.03 Å². The van der Waals surface area contributed by atoms with Gasteiger partial charge < -0.3 is 4.74 Å². The Bertz CT molecular complexity index is 305. The monoisotopic (exact) mass is 182 g/mol. The van der Waals surface area contributed by atoms with E-state index in [4.69, 9.17) is 16.3 Å². The first-order valence-corrected chi connectivity index (χ1v) is 4.03. The molecule has 0 saturated heterocycles. The molecule has 0 aliphatic carbocycles. The lowest BCUT2D eigenvalue weighted by atomic mass is 10.1. The molecule has 0 aliphatic rings. The minimum Gasteiger partial charge on any atom is -0.496 e. The summed E-state index contributed by atoms with van der Waals surface area (Å²) >= 11 is 5.79. The van der Waals surface area contributed by atoms with E-state index in [0.29, 0.717) is 5.03 Å². The van der Waals surface area contributed by atoms with E-state index in [1.54, 1.807) is 7.11 Å². The maximum Gasteiger partial charge on any atom is 0.122 e. The van der Waals surface area contributed by atoms with E-state index in [1.807, 2.05) is 25.1 Å². The Hall–Kier alpha value is -0.950. The second-order valence-electron chi connectivity index (χ2n) is 2.54. The molecule has 0 spiro atoms. The predicted molar refractivity (Wildman–Crippen MR) is 52.6 cm³/mol. The molecule has 0 aromatic heterocycles. The van der Waals surface area contributed by atoms with Crippen LogP contribution in [0.4, 0.5) is 0 Å². The zero-order valence-electron chi connectivity index (χ0n) is 7.23. The Morgan fingerprint density at radius 2 is 2.17 bits per heavy atom. The zero-order chi connectivity index (χ0) is 9.14. The van der Waals surface area contributed by atoms with Crippen molar-refractivity contribution in [3.63, 3.8) is 0 Å². The second kappa shape index (κ2) is 3.63. The minimum absolute atomic E-state index is 0.548. The van der Waals surface area contributed by atoms with Crippen LogP contribution in [0, 0.1) is 6.92 Å². The molecule has 1 aromatic rings. The van der Waals surface area contributed by atoms with Gasteiger partial charge in [-0.2, -0.15) is 0 Å². The van der Waals surface area contributed by atoms with Crippen molar-refractivity contribution >= 4 is 16.6 Å². The van der Waals surface area contributed by atoms with Crippen molar-refractivity contribution in [2.75, 3.05) is 7.11 Å². The number of hydrogen-bond donors (Lipinski definition) is 0. The van der Waals surface area contributed by atoms with Gasteiger partial charge in [0.25, 0.3) is 0 Å². The molecule has 0 atom stereocenters. The molecular formula is C10H11ClO. The number of rotatable bonds is 2. The summed E-state index contributed by atoms with van der Waals surface area (Å²) in [6.07, 6.45) is 0. The first-order chi connectivity index (χ1) is 5.66. The number of halogens is 1. The third kappa shape index (κ3) is 1.62. The van der Waals surface area contributed by atoms with Gasteiger partial charge >= 0.3 is 0 Å². The highest BCUT2D eigenvalue weighted by molar-refractivity contribution is 6.48. The zero-order valence-corrected chi connectivity index (χ0v) is 7.98. The standard InChI is InChI=1S/C10H11ClO/c1-7-9(8(2)11)5-4-6-10(7)12-3/h4-6H,2H2,1,3H3. The van der Waals surface area contributed by atoms with Crippen LogP contribution in [0.2, 0.25) is 0 Å². The van der Waals surface area contributed by atoms with E-state index >= 15 is 0 Å². The van der Waals surface area contributed by atoms with Crippen molar-refractivity contribution in [3.05, 3.63) is 35.9 Å². The van der Waals surface area contributed by atoms with Crippen LogP contribution in [-0.4, -0.2) is 7.11 Å². The Morgan fingerprint density at radius 1 is 1.50 bits per heavy atom. The summed E-state index contributed by atoms with van der Waals surface area (Å²) in [4.78, 5) is 0. The van der Waals surface area contributed by atoms with E-state index in [1.165, 1.54) is 0 Å². The van der Waals surface area contributed by atoms with Gasteiger partial charge in [-0.1, -0.05) is 30.3 Å². The molecule has 1 rings (SSSR count). The molecule has 0 heterocycles. The molecule has 1 nitrogen and oxygen atoms in total. The Labute approximate surface area is 77.6 Å². The van der Waals surface area contributed by atoms with Gasteiger partial charge in [0.2, 0.25) is 0 Å². The number of ether oxygens (including phenoxy) is 1. The van der Waals surface area contributed by atoms with Crippen molar-refractivity contribution in [1.29, 1.82) is 0 Å². The summed E-state index contributed by atoms with van der Waals surface area (Å²) in [7, 11) is 1.64. The molecule has 1 aromatic carbocycles. The van der Waals surface area contributed by atoms with Gasteiger partial charge in [-0.05, 0) is 24.1 Å². The number of hydrogen-bond acceptors (Lipinski definition) is 1. The Balaban J connectivity index is 3.23. The maximum atomic E-state index is 5.79. The van der Waals surface area contributed by atoms with Gasteiger partial charge in [0, 0.05) is 5.03 Å². The molecule has 0 amide bonds. The van der Waals surface area contributed by atoms with E-state index in [-0.39, 0.29) is 0 Å². The number of methoxy groups -OCH3 is 1. The summed E-state index contributed by atoms with van der Waals surface area (Å²) in [5.41, 5.74) is 1.97. The van der Waals surface area contributed by atoms with Crippen LogP contribution in [-0.2, 0) is 0 Å². The average molecular weight is 183 g/mol. The summed E-state index contributed by atoms with van der Waals surface area (Å²) in [5, 5.41) is 0.548. The summed E-state index contributed by atoms with van der Waals surface area (Å²) in [6, 6.07) is 5.72.